The number of carbonyl (C=O) groups excluding carboxylic acids is 1. The number of amides is 1. The second-order valence-corrected chi connectivity index (χ2v) is 4.22. The molecule has 106 valence electrons. The summed E-state index contributed by atoms with van der Waals surface area (Å²) in [4.78, 5) is 11.7. The van der Waals surface area contributed by atoms with E-state index in [1.54, 1.807) is 24.3 Å². The first-order chi connectivity index (χ1) is 10.1. The number of terminal acetylenes is 1. The predicted octanol–water partition coefficient (Wildman–Crippen LogP) is 3.00. The third-order valence-corrected chi connectivity index (χ3v) is 2.71. The van der Waals surface area contributed by atoms with Gasteiger partial charge in [-0.2, -0.15) is 0 Å². The van der Waals surface area contributed by atoms with Crippen molar-refractivity contribution in [1.82, 2.24) is 0 Å². The van der Waals surface area contributed by atoms with Crippen molar-refractivity contribution < 1.29 is 13.6 Å². The van der Waals surface area contributed by atoms with Gasteiger partial charge in [0.05, 0.1) is 6.54 Å². The van der Waals surface area contributed by atoms with Crippen LogP contribution in [0.2, 0.25) is 0 Å². The molecule has 0 aliphatic heterocycles. The molecule has 0 heterocycles. The summed E-state index contributed by atoms with van der Waals surface area (Å²) in [5, 5.41) is 5.01. The molecular weight excluding hydrogens is 274 g/mol. The standard InChI is InChI=1S/C16H12F2N2O/c1-2-11-5-3-6-12(9-11)19-10-15(21)20-16-13(17)7-4-8-14(16)18/h1,3-9,19H,10H2,(H,20,21). The second kappa shape index (κ2) is 6.53. The highest BCUT2D eigenvalue weighted by molar-refractivity contribution is 5.94. The van der Waals surface area contributed by atoms with Gasteiger partial charge in [0.25, 0.3) is 0 Å². The molecule has 0 aliphatic carbocycles. The molecule has 0 bridgehead atoms. The summed E-state index contributed by atoms with van der Waals surface area (Å²) in [6.45, 7) is -0.137. The number of para-hydroxylation sites is 1. The van der Waals surface area contributed by atoms with Crippen LogP contribution in [0.4, 0.5) is 20.2 Å². The molecular formula is C16H12F2N2O. The van der Waals surface area contributed by atoms with Gasteiger partial charge in [-0.1, -0.05) is 18.1 Å². The fourth-order valence-electron chi connectivity index (χ4n) is 1.70. The van der Waals surface area contributed by atoms with Crippen LogP contribution in [-0.4, -0.2) is 12.5 Å². The molecule has 2 rings (SSSR count). The summed E-state index contributed by atoms with van der Waals surface area (Å²) >= 11 is 0. The van der Waals surface area contributed by atoms with Gasteiger partial charge in [-0.3, -0.25) is 4.79 Å². The van der Waals surface area contributed by atoms with Gasteiger partial charge in [-0.15, -0.1) is 6.42 Å². The van der Waals surface area contributed by atoms with Crippen molar-refractivity contribution in [1.29, 1.82) is 0 Å². The quantitative estimate of drug-likeness (QED) is 0.848. The zero-order valence-corrected chi connectivity index (χ0v) is 11.0. The highest BCUT2D eigenvalue weighted by atomic mass is 19.1. The van der Waals surface area contributed by atoms with Crippen LogP contribution < -0.4 is 10.6 Å². The Bertz CT molecular complexity index is 687. The van der Waals surface area contributed by atoms with Gasteiger partial charge in [0, 0.05) is 11.3 Å². The number of rotatable bonds is 4. The van der Waals surface area contributed by atoms with E-state index in [0.717, 1.165) is 12.1 Å². The minimum Gasteiger partial charge on any atom is -0.376 e. The molecule has 2 N–H and O–H groups in total. The smallest absolute Gasteiger partial charge is 0.243 e. The van der Waals surface area contributed by atoms with E-state index in [2.05, 4.69) is 16.6 Å². The van der Waals surface area contributed by atoms with Crippen molar-refractivity contribution in [2.45, 2.75) is 0 Å². The maximum absolute atomic E-state index is 13.4. The SMILES string of the molecule is C#Cc1cccc(NCC(=O)Nc2c(F)cccc2F)c1. The first-order valence-electron chi connectivity index (χ1n) is 6.14. The minimum atomic E-state index is -0.822. The first kappa shape index (κ1) is 14.5. The highest BCUT2D eigenvalue weighted by Gasteiger charge is 2.11. The average Bonchev–Trinajstić information content (AvgIpc) is 2.49. The summed E-state index contributed by atoms with van der Waals surface area (Å²) in [6.07, 6.45) is 5.27. The van der Waals surface area contributed by atoms with Crippen LogP contribution in [0.3, 0.4) is 0 Å². The number of benzene rings is 2. The van der Waals surface area contributed by atoms with Gasteiger partial charge in [-0.05, 0) is 30.3 Å². The van der Waals surface area contributed by atoms with E-state index in [9.17, 15) is 13.6 Å². The summed E-state index contributed by atoms with van der Waals surface area (Å²) in [7, 11) is 0. The fourth-order valence-corrected chi connectivity index (χ4v) is 1.70. The molecule has 2 aromatic carbocycles. The lowest BCUT2D eigenvalue weighted by atomic mass is 10.2. The summed E-state index contributed by atoms with van der Waals surface area (Å²) < 4.78 is 26.8. The zero-order valence-electron chi connectivity index (χ0n) is 11.0. The molecule has 0 saturated carbocycles. The van der Waals surface area contributed by atoms with E-state index < -0.39 is 23.2 Å². The number of hydrogen-bond acceptors (Lipinski definition) is 2. The molecule has 0 aromatic heterocycles. The molecule has 1 amide bonds. The van der Waals surface area contributed by atoms with Gasteiger partial charge in [-0.25, -0.2) is 8.78 Å². The van der Waals surface area contributed by atoms with Crippen LogP contribution in [0, 0.1) is 24.0 Å². The largest absolute Gasteiger partial charge is 0.376 e. The molecule has 0 atom stereocenters. The van der Waals surface area contributed by atoms with Gasteiger partial charge in [0.2, 0.25) is 5.91 Å². The lowest BCUT2D eigenvalue weighted by Gasteiger charge is -2.09. The van der Waals surface area contributed by atoms with Gasteiger partial charge in [0.15, 0.2) is 0 Å². The number of anilines is 2. The maximum Gasteiger partial charge on any atom is 0.243 e. The lowest BCUT2D eigenvalue weighted by Crippen LogP contribution is -2.23. The Balaban J connectivity index is 1.98. The molecule has 0 fully saturated rings. The van der Waals surface area contributed by atoms with E-state index in [4.69, 9.17) is 6.42 Å². The predicted molar refractivity (Wildman–Crippen MR) is 77.9 cm³/mol. The first-order valence-corrected chi connectivity index (χ1v) is 6.14. The van der Waals surface area contributed by atoms with Crippen molar-refractivity contribution in [2.75, 3.05) is 17.2 Å². The Morgan fingerprint density at radius 1 is 1.14 bits per heavy atom. The Hall–Kier alpha value is -2.87. The Kier molecular flexibility index (Phi) is 4.52. The summed E-state index contributed by atoms with van der Waals surface area (Å²) in [5.41, 5.74) is 0.858. The Labute approximate surface area is 121 Å². The number of halogens is 2. The van der Waals surface area contributed by atoms with E-state index in [0.29, 0.717) is 11.3 Å². The Morgan fingerprint density at radius 3 is 2.48 bits per heavy atom. The van der Waals surface area contributed by atoms with Crippen LogP contribution in [-0.2, 0) is 4.79 Å². The Morgan fingerprint density at radius 2 is 1.81 bits per heavy atom. The van der Waals surface area contributed by atoms with Crippen molar-refractivity contribution in [3.05, 3.63) is 59.7 Å². The molecule has 5 heteroatoms. The molecule has 3 nitrogen and oxygen atoms in total. The van der Waals surface area contributed by atoms with E-state index in [1.807, 2.05) is 0 Å². The lowest BCUT2D eigenvalue weighted by molar-refractivity contribution is -0.114. The van der Waals surface area contributed by atoms with Gasteiger partial charge in [0.1, 0.15) is 17.3 Å². The fraction of sp³-hybridized carbons (Fsp3) is 0.0625. The topological polar surface area (TPSA) is 41.1 Å². The minimum absolute atomic E-state index is 0.137. The van der Waals surface area contributed by atoms with E-state index in [1.165, 1.54) is 6.07 Å². The molecule has 0 unspecified atom stereocenters. The zero-order chi connectivity index (χ0) is 15.2. The summed E-state index contributed by atoms with van der Waals surface area (Å²) in [6, 6.07) is 10.3. The van der Waals surface area contributed by atoms with Gasteiger partial charge >= 0.3 is 0 Å². The van der Waals surface area contributed by atoms with Crippen LogP contribution in [0.1, 0.15) is 5.56 Å². The second-order valence-electron chi connectivity index (χ2n) is 4.22. The van der Waals surface area contributed by atoms with Crippen molar-refractivity contribution >= 4 is 17.3 Å². The van der Waals surface area contributed by atoms with Crippen molar-refractivity contribution in [3.63, 3.8) is 0 Å². The van der Waals surface area contributed by atoms with Crippen molar-refractivity contribution in [2.24, 2.45) is 0 Å². The number of nitrogens with one attached hydrogen (secondary N) is 2. The van der Waals surface area contributed by atoms with Crippen LogP contribution in [0.25, 0.3) is 0 Å². The van der Waals surface area contributed by atoms with Crippen LogP contribution in [0.15, 0.2) is 42.5 Å². The van der Waals surface area contributed by atoms with Crippen LogP contribution >= 0.6 is 0 Å². The third kappa shape index (κ3) is 3.80. The molecule has 0 saturated heterocycles. The molecule has 0 spiro atoms. The monoisotopic (exact) mass is 286 g/mol. The molecule has 2 aromatic rings. The number of hydrogen-bond donors (Lipinski definition) is 2. The van der Waals surface area contributed by atoms with Gasteiger partial charge < -0.3 is 10.6 Å². The normalized spacial score (nSPS) is 9.76. The highest BCUT2D eigenvalue weighted by Crippen LogP contribution is 2.17. The third-order valence-electron chi connectivity index (χ3n) is 2.71. The number of carbonyl (C=O) groups is 1. The maximum atomic E-state index is 13.4. The van der Waals surface area contributed by atoms with E-state index in [-0.39, 0.29) is 6.54 Å². The summed E-state index contributed by atoms with van der Waals surface area (Å²) in [5.74, 6) is 0.262. The average molecular weight is 286 g/mol. The van der Waals surface area contributed by atoms with Crippen LogP contribution in [0.5, 0.6) is 0 Å². The molecule has 0 radical (unpaired) electrons. The van der Waals surface area contributed by atoms with Crippen molar-refractivity contribution in [3.8, 4) is 12.3 Å². The molecule has 0 aliphatic rings. The van der Waals surface area contributed by atoms with E-state index >= 15 is 0 Å². The molecule has 21 heavy (non-hydrogen) atoms.